The van der Waals surface area contributed by atoms with Crippen LogP contribution in [-0.4, -0.2) is 27.8 Å². The van der Waals surface area contributed by atoms with E-state index in [1.165, 1.54) is 11.3 Å². The van der Waals surface area contributed by atoms with Crippen molar-refractivity contribution < 1.29 is 4.79 Å². The van der Waals surface area contributed by atoms with Gasteiger partial charge in [0.1, 0.15) is 10.5 Å². The van der Waals surface area contributed by atoms with E-state index in [1.54, 1.807) is 11.9 Å². The lowest BCUT2D eigenvalue weighted by Gasteiger charge is -2.20. The highest BCUT2D eigenvalue weighted by atomic mass is 32.1. The summed E-state index contributed by atoms with van der Waals surface area (Å²) in [5, 5.41) is 1.85. The normalized spacial score (nSPS) is 15.8. The smallest absolute Gasteiger partial charge is 0.268 e. The molecule has 2 aromatic rings. The number of aromatic nitrogens is 2. The van der Waals surface area contributed by atoms with Crippen molar-refractivity contribution >= 4 is 27.5 Å². The molecule has 0 spiro atoms. The van der Waals surface area contributed by atoms with Crippen LogP contribution in [0.2, 0.25) is 0 Å². The molecule has 1 saturated carbocycles. The first-order valence-electron chi connectivity index (χ1n) is 6.86. The van der Waals surface area contributed by atoms with Crippen LogP contribution in [0.15, 0.2) is 16.2 Å². The van der Waals surface area contributed by atoms with E-state index in [9.17, 15) is 9.59 Å². The summed E-state index contributed by atoms with van der Waals surface area (Å²) >= 11 is 1.38. The quantitative estimate of drug-likeness (QED) is 0.942. The zero-order valence-corrected chi connectivity index (χ0v) is 12.2. The molecule has 106 valence electrons. The first kappa shape index (κ1) is 13.3. The number of aromatic amines is 1. The average Bonchev–Trinajstić information content (AvgIpc) is 3.08. The molecule has 0 atom stereocenters. The molecular weight excluding hydrogens is 274 g/mol. The summed E-state index contributed by atoms with van der Waals surface area (Å²) in [6.07, 6.45) is 4.24. The lowest BCUT2D eigenvalue weighted by molar-refractivity contribution is -0.134. The van der Waals surface area contributed by atoms with Gasteiger partial charge in [-0.1, -0.05) is 12.8 Å². The van der Waals surface area contributed by atoms with Crippen LogP contribution in [0.3, 0.4) is 0 Å². The van der Waals surface area contributed by atoms with Gasteiger partial charge in [-0.15, -0.1) is 11.3 Å². The van der Waals surface area contributed by atoms with E-state index in [0.29, 0.717) is 22.6 Å². The van der Waals surface area contributed by atoms with Crippen LogP contribution >= 0.6 is 11.3 Å². The number of rotatable bonds is 3. The molecule has 0 radical (unpaired) electrons. The van der Waals surface area contributed by atoms with Gasteiger partial charge in [0.25, 0.3) is 5.56 Å². The second-order valence-electron chi connectivity index (χ2n) is 5.32. The summed E-state index contributed by atoms with van der Waals surface area (Å²) < 4.78 is 0.638. The highest BCUT2D eigenvalue weighted by Gasteiger charge is 2.25. The number of thiophene rings is 1. The number of H-pyrrole nitrogens is 1. The minimum Gasteiger partial charge on any atom is -0.338 e. The Morgan fingerprint density at radius 1 is 1.50 bits per heavy atom. The van der Waals surface area contributed by atoms with Crippen LogP contribution in [-0.2, 0) is 11.3 Å². The van der Waals surface area contributed by atoms with Crippen molar-refractivity contribution in [3.05, 3.63) is 27.6 Å². The lowest BCUT2D eigenvalue weighted by Crippen LogP contribution is -2.32. The Kier molecular flexibility index (Phi) is 3.56. The minimum atomic E-state index is -0.123. The monoisotopic (exact) mass is 291 g/mol. The molecular formula is C14H17N3O2S. The fourth-order valence-corrected chi connectivity index (χ4v) is 3.51. The summed E-state index contributed by atoms with van der Waals surface area (Å²) in [4.78, 5) is 33.0. The Labute approximate surface area is 120 Å². The fraction of sp³-hybridized carbons (Fsp3) is 0.500. The third kappa shape index (κ3) is 2.47. The number of carbonyl (C=O) groups excluding carboxylic acids is 1. The Balaban J connectivity index is 1.78. The summed E-state index contributed by atoms with van der Waals surface area (Å²) in [6, 6.07) is 1.83. The van der Waals surface area contributed by atoms with Crippen molar-refractivity contribution in [3.63, 3.8) is 0 Å². The van der Waals surface area contributed by atoms with Gasteiger partial charge in [0.15, 0.2) is 0 Å². The van der Waals surface area contributed by atoms with E-state index in [0.717, 1.165) is 25.7 Å². The van der Waals surface area contributed by atoms with Crippen molar-refractivity contribution in [3.8, 4) is 0 Å². The highest BCUT2D eigenvalue weighted by Crippen LogP contribution is 2.26. The second-order valence-corrected chi connectivity index (χ2v) is 6.24. The molecule has 20 heavy (non-hydrogen) atoms. The number of carbonyl (C=O) groups is 1. The van der Waals surface area contributed by atoms with Gasteiger partial charge < -0.3 is 9.88 Å². The molecule has 5 nitrogen and oxygen atoms in total. The predicted molar refractivity (Wildman–Crippen MR) is 78.7 cm³/mol. The molecule has 2 heterocycles. The molecule has 1 N–H and O–H groups in total. The van der Waals surface area contributed by atoms with Crippen molar-refractivity contribution in [1.82, 2.24) is 14.9 Å². The van der Waals surface area contributed by atoms with Crippen LogP contribution in [0, 0.1) is 5.92 Å². The highest BCUT2D eigenvalue weighted by molar-refractivity contribution is 7.17. The maximum absolute atomic E-state index is 12.3. The van der Waals surface area contributed by atoms with Gasteiger partial charge in [-0.3, -0.25) is 9.59 Å². The number of amides is 1. The molecule has 1 aliphatic rings. The van der Waals surface area contributed by atoms with Gasteiger partial charge in [0.05, 0.1) is 12.1 Å². The van der Waals surface area contributed by atoms with E-state index in [4.69, 9.17) is 0 Å². The number of nitrogens with zero attached hydrogens (tertiary/aromatic N) is 2. The van der Waals surface area contributed by atoms with Gasteiger partial charge in [-0.05, 0) is 24.3 Å². The van der Waals surface area contributed by atoms with Crippen LogP contribution in [0.25, 0.3) is 10.2 Å². The molecule has 0 unspecified atom stereocenters. The standard InChI is InChI=1S/C14H17N3O2S/c1-17(14(19)9-4-2-3-5-9)8-11-15-10-6-7-20-12(10)13(18)16-11/h6-7,9H,2-5,8H2,1H3,(H,15,16,18). The van der Waals surface area contributed by atoms with Gasteiger partial charge >= 0.3 is 0 Å². The first-order valence-corrected chi connectivity index (χ1v) is 7.74. The van der Waals surface area contributed by atoms with E-state index < -0.39 is 0 Å². The molecule has 6 heteroatoms. The van der Waals surface area contributed by atoms with E-state index >= 15 is 0 Å². The van der Waals surface area contributed by atoms with Crippen LogP contribution < -0.4 is 5.56 Å². The maximum Gasteiger partial charge on any atom is 0.268 e. The first-order chi connectivity index (χ1) is 9.65. The van der Waals surface area contributed by atoms with Crippen LogP contribution in [0.5, 0.6) is 0 Å². The van der Waals surface area contributed by atoms with Crippen molar-refractivity contribution in [1.29, 1.82) is 0 Å². The SMILES string of the molecule is CN(Cc1nc2ccsc2c(=O)[nH]1)C(=O)C1CCCC1. The summed E-state index contributed by atoms with van der Waals surface area (Å²) in [7, 11) is 1.78. The Morgan fingerprint density at radius 3 is 3.00 bits per heavy atom. The minimum absolute atomic E-state index is 0.123. The third-order valence-corrected chi connectivity index (χ3v) is 4.73. The van der Waals surface area contributed by atoms with Gasteiger partial charge in [0.2, 0.25) is 5.91 Å². The Hall–Kier alpha value is -1.69. The van der Waals surface area contributed by atoms with Crippen LogP contribution in [0.4, 0.5) is 0 Å². The average molecular weight is 291 g/mol. The Bertz CT molecular complexity index is 685. The van der Waals surface area contributed by atoms with Crippen molar-refractivity contribution in [2.24, 2.45) is 5.92 Å². The molecule has 0 bridgehead atoms. The zero-order chi connectivity index (χ0) is 14.1. The topological polar surface area (TPSA) is 66.1 Å². The third-order valence-electron chi connectivity index (χ3n) is 3.83. The van der Waals surface area contributed by atoms with E-state index in [-0.39, 0.29) is 17.4 Å². The molecule has 1 aliphatic carbocycles. The van der Waals surface area contributed by atoms with Gasteiger partial charge in [-0.2, -0.15) is 0 Å². The number of fused-ring (bicyclic) bond motifs is 1. The van der Waals surface area contributed by atoms with E-state index in [1.807, 2.05) is 11.4 Å². The predicted octanol–water partition coefficient (Wildman–Crippen LogP) is 2.13. The summed E-state index contributed by atoms with van der Waals surface area (Å²) in [5.74, 6) is 0.863. The van der Waals surface area contributed by atoms with E-state index in [2.05, 4.69) is 9.97 Å². The molecule has 1 amide bonds. The second kappa shape index (κ2) is 5.36. The van der Waals surface area contributed by atoms with Gasteiger partial charge in [0, 0.05) is 13.0 Å². The molecule has 2 aromatic heterocycles. The number of hydrogen-bond donors (Lipinski definition) is 1. The van der Waals surface area contributed by atoms with Crippen molar-refractivity contribution in [2.75, 3.05) is 7.05 Å². The zero-order valence-electron chi connectivity index (χ0n) is 11.4. The summed E-state index contributed by atoms with van der Waals surface area (Å²) in [5.41, 5.74) is 0.581. The fourth-order valence-electron chi connectivity index (χ4n) is 2.78. The lowest BCUT2D eigenvalue weighted by atomic mass is 10.1. The summed E-state index contributed by atoms with van der Waals surface area (Å²) in [6.45, 7) is 0.358. The number of nitrogens with one attached hydrogen (secondary N) is 1. The molecule has 0 aliphatic heterocycles. The number of hydrogen-bond acceptors (Lipinski definition) is 4. The molecule has 0 saturated heterocycles. The largest absolute Gasteiger partial charge is 0.338 e. The van der Waals surface area contributed by atoms with Crippen LogP contribution in [0.1, 0.15) is 31.5 Å². The molecule has 1 fully saturated rings. The molecule has 0 aromatic carbocycles. The molecule has 3 rings (SSSR count). The Morgan fingerprint density at radius 2 is 2.25 bits per heavy atom. The van der Waals surface area contributed by atoms with Gasteiger partial charge in [-0.25, -0.2) is 4.98 Å². The maximum atomic E-state index is 12.3. The van der Waals surface area contributed by atoms with Crippen molar-refractivity contribution in [2.45, 2.75) is 32.2 Å².